The Kier molecular flexibility index (Phi) is 3.51. The maximum Gasteiger partial charge on any atom is 0.423 e. The Morgan fingerprint density at radius 1 is 0.727 bits per heavy atom. The molecule has 0 fully saturated rings. The maximum absolute atomic E-state index is 4.82. The van der Waals surface area contributed by atoms with E-state index in [-0.39, 0.29) is 6.98 Å². The van der Waals surface area contributed by atoms with E-state index >= 15 is 0 Å². The molecule has 5 heterocycles. The van der Waals surface area contributed by atoms with Crippen molar-refractivity contribution in [1.29, 1.82) is 0 Å². The molecular weight excluding hydrogens is 441 g/mol. The Balaban J connectivity index is 1.42. The lowest BCUT2D eigenvalue weighted by molar-refractivity contribution is 1.31. The zero-order chi connectivity index (χ0) is 21.5. The van der Waals surface area contributed by atoms with Crippen LogP contribution in [0.15, 0.2) is 96.5 Å². The van der Waals surface area contributed by atoms with Gasteiger partial charge in [0.25, 0.3) is 0 Å². The van der Waals surface area contributed by atoms with Gasteiger partial charge in [0.1, 0.15) is 0 Å². The molecule has 8 rings (SSSR count). The van der Waals surface area contributed by atoms with E-state index in [0.29, 0.717) is 0 Å². The van der Waals surface area contributed by atoms with Gasteiger partial charge in [-0.1, -0.05) is 36.4 Å². The van der Waals surface area contributed by atoms with Crippen LogP contribution in [0.5, 0.6) is 0 Å². The van der Waals surface area contributed by atoms with E-state index in [1.807, 2.05) is 17.5 Å². The van der Waals surface area contributed by atoms with Crippen LogP contribution in [-0.4, -0.2) is 12.0 Å². The lowest BCUT2D eigenvalue weighted by atomic mass is 9.61. The molecule has 6 heteroatoms. The fourth-order valence-electron chi connectivity index (χ4n) is 5.41. The van der Waals surface area contributed by atoms with Gasteiger partial charge in [0, 0.05) is 37.6 Å². The fraction of sp³-hybridized carbons (Fsp3) is 0. The van der Waals surface area contributed by atoms with Crippen molar-refractivity contribution < 1.29 is 0 Å². The Labute approximate surface area is 199 Å². The average molecular weight is 457 g/mol. The Hall–Kier alpha value is -3.61. The monoisotopic (exact) mass is 457 g/mol. The molecule has 0 radical (unpaired) electrons. The third-order valence-electron chi connectivity index (χ3n) is 6.76. The van der Waals surface area contributed by atoms with E-state index < -0.39 is 0 Å². The number of hydrogen-bond donors (Lipinski definition) is 0. The highest BCUT2D eigenvalue weighted by Gasteiger charge is 2.48. The van der Waals surface area contributed by atoms with Crippen molar-refractivity contribution in [3.63, 3.8) is 0 Å². The number of benzene rings is 3. The Morgan fingerprint density at radius 2 is 1.55 bits per heavy atom. The summed E-state index contributed by atoms with van der Waals surface area (Å²) in [7, 11) is 0. The number of rotatable bonds is 1. The Bertz CT molecular complexity index is 1720. The molecule has 33 heavy (non-hydrogen) atoms. The summed E-state index contributed by atoms with van der Waals surface area (Å²) < 4.78 is 2.67. The number of pyridine rings is 1. The number of fused-ring (bicyclic) bond motifs is 11. The highest BCUT2D eigenvalue weighted by molar-refractivity contribution is 7.25. The molecular formula is C27H16BN3S2. The van der Waals surface area contributed by atoms with Crippen molar-refractivity contribution >= 4 is 77.4 Å². The topological polar surface area (TPSA) is 19.4 Å². The van der Waals surface area contributed by atoms with Crippen LogP contribution in [0.3, 0.4) is 0 Å². The zero-order valence-electron chi connectivity index (χ0n) is 17.5. The average Bonchev–Trinajstić information content (AvgIpc) is 3.57. The first kappa shape index (κ1) is 17.9. The molecule has 2 aliphatic rings. The van der Waals surface area contributed by atoms with E-state index in [1.165, 1.54) is 53.3 Å². The summed E-state index contributed by atoms with van der Waals surface area (Å²) in [5.74, 6) is 0. The van der Waals surface area contributed by atoms with E-state index in [1.54, 1.807) is 11.3 Å². The summed E-state index contributed by atoms with van der Waals surface area (Å²) >= 11 is 3.66. The molecule has 0 atom stereocenters. The maximum atomic E-state index is 4.82. The van der Waals surface area contributed by atoms with Crippen molar-refractivity contribution in [3.8, 4) is 11.3 Å². The van der Waals surface area contributed by atoms with Crippen molar-refractivity contribution in [2.24, 2.45) is 0 Å². The molecule has 154 valence electrons. The van der Waals surface area contributed by atoms with E-state index in [9.17, 15) is 0 Å². The van der Waals surface area contributed by atoms with Crippen molar-refractivity contribution in [2.75, 3.05) is 9.62 Å². The van der Waals surface area contributed by atoms with Gasteiger partial charge in [-0.05, 0) is 59.4 Å². The predicted octanol–water partition coefficient (Wildman–Crippen LogP) is 7.18. The molecule has 0 unspecified atom stereocenters. The number of nitrogens with zero attached hydrogens (tertiary/aromatic N) is 3. The molecule has 0 N–H and O–H groups in total. The van der Waals surface area contributed by atoms with Gasteiger partial charge in [-0.15, -0.1) is 22.7 Å². The second-order valence-corrected chi connectivity index (χ2v) is 10.4. The second kappa shape index (κ2) is 6.47. The third kappa shape index (κ3) is 2.32. The lowest BCUT2D eigenvalue weighted by Gasteiger charge is -2.34. The normalized spacial score (nSPS) is 13.9. The molecule has 3 nitrogen and oxygen atoms in total. The van der Waals surface area contributed by atoms with Gasteiger partial charge in [0.2, 0.25) is 0 Å². The molecule has 3 aromatic carbocycles. The molecule has 0 spiro atoms. The van der Waals surface area contributed by atoms with E-state index in [4.69, 9.17) is 4.98 Å². The first-order valence-corrected chi connectivity index (χ1v) is 12.7. The highest BCUT2D eigenvalue weighted by atomic mass is 32.1. The largest absolute Gasteiger partial charge is 0.423 e. The minimum Gasteiger partial charge on any atom is -0.360 e. The Morgan fingerprint density at radius 3 is 2.48 bits per heavy atom. The first-order chi connectivity index (χ1) is 16.4. The fourth-order valence-corrected chi connectivity index (χ4v) is 7.44. The molecule has 0 amide bonds. The molecule has 6 aromatic rings. The molecule has 2 aliphatic heterocycles. The molecule has 0 aliphatic carbocycles. The molecule has 0 bridgehead atoms. The summed E-state index contributed by atoms with van der Waals surface area (Å²) in [6, 6.07) is 30.9. The van der Waals surface area contributed by atoms with Gasteiger partial charge >= 0.3 is 6.98 Å². The highest BCUT2D eigenvalue weighted by Crippen LogP contribution is 2.52. The van der Waals surface area contributed by atoms with Crippen LogP contribution < -0.4 is 15.1 Å². The smallest absolute Gasteiger partial charge is 0.360 e. The summed E-state index contributed by atoms with van der Waals surface area (Å²) in [5.41, 5.74) is 7.25. The summed E-state index contributed by atoms with van der Waals surface area (Å²) in [6.07, 6.45) is 1.91. The van der Waals surface area contributed by atoms with Crippen molar-refractivity contribution in [2.45, 2.75) is 0 Å². The minimum absolute atomic E-state index is 0.0413. The van der Waals surface area contributed by atoms with Crippen LogP contribution in [0.2, 0.25) is 0 Å². The van der Waals surface area contributed by atoms with Crippen molar-refractivity contribution in [1.82, 2.24) is 4.98 Å². The van der Waals surface area contributed by atoms with Gasteiger partial charge in [-0.2, -0.15) is 0 Å². The van der Waals surface area contributed by atoms with Gasteiger partial charge in [-0.25, -0.2) is 0 Å². The quantitative estimate of drug-likeness (QED) is 0.244. The number of para-hydroxylation sites is 2. The molecule has 3 aromatic heterocycles. The van der Waals surface area contributed by atoms with E-state index in [0.717, 1.165) is 5.69 Å². The van der Waals surface area contributed by atoms with Gasteiger partial charge in [0.05, 0.1) is 22.1 Å². The summed E-state index contributed by atoms with van der Waals surface area (Å²) in [6.45, 7) is 0.0413. The number of thiophene rings is 2. The van der Waals surface area contributed by atoms with Crippen LogP contribution in [0.25, 0.3) is 31.4 Å². The van der Waals surface area contributed by atoms with E-state index in [2.05, 4.69) is 99.9 Å². The van der Waals surface area contributed by atoms with Gasteiger partial charge in [0.15, 0.2) is 0 Å². The zero-order valence-corrected chi connectivity index (χ0v) is 19.1. The number of hydrogen-bond acceptors (Lipinski definition) is 5. The minimum atomic E-state index is 0.0413. The molecule has 0 saturated heterocycles. The third-order valence-corrected chi connectivity index (χ3v) is 8.83. The molecule has 0 saturated carbocycles. The summed E-state index contributed by atoms with van der Waals surface area (Å²) in [5, 5.41) is 6.10. The SMILES string of the molecule is c1cnc2c(c1)B1N(c3ccc4sc5ccccc5c4c3)c3ccccc3N1c1sccc1-2. The first-order valence-electron chi connectivity index (χ1n) is 11.0. The summed E-state index contributed by atoms with van der Waals surface area (Å²) in [4.78, 5) is 9.81. The number of anilines is 4. The van der Waals surface area contributed by atoms with Crippen LogP contribution in [-0.2, 0) is 0 Å². The van der Waals surface area contributed by atoms with Gasteiger partial charge in [-0.3, -0.25) is 4.98 Å². The standard InChI is InChI=1S/C27H16BN3S2/c1-4-10-24-18(6-1)20-16-17(11-12-25(20)33-24)30-22-8-2-3-9-23(22)31-27-19(13-15-32-27)26-21(28(30)31)7-5-14-29-26/h1-16H. The van der Waals surface area contributed by atoms with Crippen LogP contribution in [0.1, 0.15) is 0 Å². The second-order valence-electron chi connectivity index (χ2n) is 8.46. The lowest BCUT2D eigenvalue weighted by Crippen LogP contribution is -2.55. The van der Waals surface area contributed by atoms with Crippen molar-refractivity contribution in [3.05, 3.63) is 96.5 Å². The number of aromatic nitrogens is 1. The van der Waals surface area contributed by atoms with Crippen LogP contribution >= 0.6 is 22.7 Å². The predicted molar refractivity (Wildman–Crippen MR) is 143 cm³/mol. The van der Waals surface area contributed by atoms with Gasteiger partial charge < -0.3 is 9.62 Å². The van der Waals surface area contributed by atoms with Crippen LogP contribution in [0, 0.1) is 0 Å². The van der Waals surface area contributed by atoms with Crippen LogP contribution in [0.4, 0.5) is 22.1 Å².